The van der Waals surface area contributed by atoms with Crippen molar-refractivity contribution >= 4 is 11.8 Å². The second-order valence-corrected chi connectivity index (χ2v) is 4.55. The van der Waals surface area contributed by atoms with Gasteiger partial charge in [0.05, 0.1) is 25.3 Å². The van der Waals surface area contributed by atoms with Gasteiger partial charge >= 0.3 is 5.97 Å². The Bertz CT molecular complexity index is 727. The fourth-order valence-electron chi connectivity index (χ4n) is 1.94. The molecule has 0 spiro atoms. The Morgan fingerprint density at radius 3 is 2.35 bits per heavy atom. The highest BCUT2D eigenvalue weighted by molar-refractivity contribution is 5.99. The lowest BCUT2D eigenvalue weighted by Gasteiger charge is -2.09. The van der Waals surface area contributed by atoms with Crippen LogP contribution < -0.4 is 9.47 Å². The molecule has 120 valence electrons. The van der Waals surface area contributed by atoms with Gasteiger partial charge in [-0.1, -0.05) is 12.1 Å². The maximum atomic E-state index is 13.5. The summed E-state index contributed by atoms with van der Waals surface area (Å²) < 4.78 is 28.6. The second-order valence-electron chi connectivity index (χ2n) is 4.55. The first-order valence-electron chi connectivity index (χ1n) is 6.73. The molecule has 0 heterocycles. The van der Waals surface area contributed by atoms with Gasteiger partial charge in [-0.05, 0) is 30.3 Å². The van der Waals surface area contributed by atoms with Gasteiger partial charge in [0, 0.05) is 0 Å². The molecule has 0 atom stereocenters. The summed E-state index contributed by atoms with van der Waals surface area (Å²) in [5, 5.41) is 0. The summed E-state index contributed by atoms with van der Waals surface area (Å²) in [5.74, 6) is -1.15. The van der Waals surface area contributed by atoms with Gasteiger partial charge in [0.15, 0.2) is 18.1 Å². The first-order valence-corrected chi connectivity index (χ1v) is 6.73. The molecule has 0 fully saturated rings. The van der Waals surface area contributed by atoms with Crippen molar-refractivity contribution in [2.24, 2.45) is 0 Å². The van der Waals surface area contributed by atoms with Crippen molar-refractivity contribution < 1.29 is 28.2 Å². The maximum Gasteiger partial charge on any atom is 0.338 e. The molecule has 0 aliphatic rings. The highest BCUT2D eigenvalue weighted by Gasteiger charge is 2.16. The Kier molecular flexibility index (Phi) is 5.30. The van der Waals surface area contributed by atoms with Gasteiger partial charge in [-0.15, -0.1) is 0 Å². The summed E-state index contributed by atoms with van der Waals surface area (Å²) in [5.41, 5.74) is 0.0802. The van der Waals surface area contributed by atoms with Gasteiger partial charge in [-0.3, -0.25) is 4.79 Å². The average Bonchev–Trinajstić information content (AvgIpc) is 2.59. The van der Waals surface area contributed by atoms with E-state index in [0.717, 1.165) is 0 Å². The molecule has 0 saturated heterocycles. The molecule has 0 N–H and O–H groups in total. The van der Waals surface area contributed by atoms with Crippen molar-refractivity contribution in [1.82, 2.24) is 0 Å². The van der Waals surface area contributed by atoms with Gasteiger partial charge in [-0.2, -0.15) is 0 Å². The Labute approximate surface area is 132 Å². The molecule has 0 aliphatic heterocycles. The van der Waals surface area contributed by atoms with Crippen LogP contribution in [0.3, 0.4) is 0 Å². The lowest BCUT2D eigenvalue weighted by molar-refractivity contribution is 0.0473. The Hall–Kier alpha value is -2.89. The number of methoxy groups -OCH3 is 2. The molecule has 0 saturated carbocycles. The number of esters is 1. The van der Waals surface area contributed by atoms with Crippen LogP contribution >= 0.6 is 0 Å². The van der Waals surface area contributed by atoms with Gasteiger partial charge < -0.3 is 14.2 Å². The number of halogens is 1. The zero-order valence-electron chi connectivity index (χ0n) is 12.7. The highest BCUT2D eigenvalue weighted by atomic mass is 19.1. The van der Waals surface area contributed by atoms with Crippen molar-refractivity contribution in [2.45, 2.75) is 0 Å². The van der Waals surface area contributed by atoms with Crippen LogP contribution in [-0.4, -0.2) is 32.6 Å². The molecule has 0 aromatic heterocycles. The van der Waals surface area contributed by atoms with Crippen LogP contribution in [0.25, 0.3) is 0 Å². The van der Waals surface area contributed by atoms with Crippen LogP contribution in [0.1, 0.15) is 20.7 Å². The molecule has 6 heteroatoms. The van der Waals surface area contributed by atoms with E-state index in [-0.39, 0.29) is 11.1 Å². The van der Waals surface area contributed by atoms with Crippen LogP contribution in [0, 0.1) is 5.82 Å². The van der Waals surface area contributed by atoms with Crippen molar-refractivity contribution in [2.75, 3.05) is 20.8 Å². The fourth-order valence-corrected chi connectivity index (χ4v) is 1.94. The summed E-state index contributed by atoms with van der Waals surface area (Å²) in [7, 11) is 2.91. The summed E-state index contributed by atoms with van der Waals surface area (Å²) >= 11 is 0. The van der Waals surface area contributed by atoms with Gasteiger partial charge in [0.25, 0.3) is 0 Å². The predicted molar refractivity (Wildman–Crippen MR) is 80.6 cm³/mol. The zero-order valence-corrected chi connectivity index (χ0v) is 12.7. The van der Waals surface area contributed by atoms with Crippen molar-refractivity contribution in [3.8, 4) is 11.5 Å². The monoisotopic (exact) mass is 318 g/mol. The molecular weight excluding hydrogens is 303 g/mol. The molecule has 0 unspecified atom stereocenters. The number of carbonyl (C=O) groups is 2. The van der Waals surface area contributed by atoms with E-state index in [1.54, 1.807) is 6.07 Å². The fraction of sp³-hybridized carbons (Fsp3) is 0.176. The molecular formula is C17H15FO5. The van der Waals surface area contributed by atoms with Gasteiger partial charge in [-0.25, -0.2) is 9.18 Å². The van der Waals surface area contributed by atoms with Crippen LogP contribution in [-0.2, 0) is 4.74 Å². The molecule has 0 radical (unpaired) electrons. The smallest absolute Gasteiger partial charge is 0.338 e. The number of rotatable bonds is 6. The summed E-state index contributed by atoms with van der Waals surface area (Å²) in [6.07, 6.45) is 0. The third-order valence-electron chi connectivity index (χ3n) is 3.13. The molecule has 0 bridgehead atoms. The maximum absolute atomic E-state index is 13.5. The van der Waals surface area contributed by atoms with E-state index in [1.807, 2.05) is 0 Å². The third-order valence-corrected chi connectivity index (χ3v) is 3.13. The Morgan fingerprint density at radius 2 is 1.70 bits per heavy atom. The predicted octanol–water partition coefficient (Wildman–Crippen LogP) is 2.88. The van der Waals surface area contributed by atoms with Crippen LogP contribution in [0.5, 0.6) is 11.5 Å². The molecule has 2 rings (SSSR count). The lowest BCUT2D eigenvalue weighted by atomic mass is 10.1. The van der Waals surface area contributed by atoms with E-state index < -0.39 is 24.2 Å². The van der Waals surface area contributed by atoms with E-state index in [2.05, 4.69) is 0 Å². The first-order chi connectivity index (χ1) is 11.1. The Balaban J connectivity index is 2.05. The first kappa shape index (κ1) is 16.5. The minimum atomic E-state index is -0.712. The van der Waals surface area contributed by atoms with Crippen molar-refractivity contribution in [3.63, 3.8) is 0 Å². The van der Waals surface area contributed by atoms with Crippen molar-refractivity contribution in [3.05, 3.63) is 59.4 Å². The zero-order chi connectivity index (χ0) is 16.8. The van der Waals surface area contributed by atoms with E-state index in [4.69, 9.17) is 14.2 Å². The minimum absolute atomic E-state index is 0.118. The number of ketones is 1. The highest BCUT2D eigenvalue weighted by Crippen LogP contribution is 2.27. The Morgan fingerprint density at radius 1 is 1.00 bits per heavy atom. The molecule has 0 amide bonds. The van der Waals surface area contributed by atoms with Crippen molar-refractivity contribution in [1.29, 1.82) is 0 Å². The van der Waals surface area contributed by atoms with E-state index >= 15 is 0 Å². The number of carbonyl (C=O) groups excluding carboxylic acids is 2. The minimum Gasteiger partial charge on any atom is -0.493 e. The summed E-state index contributed by atoms with van der Waals surface area (Å²) in [6.45, 7) is -0.548. The number of Topliss-reactive ketones (excluding diaryl/α,β-unsaturated/α-hetero) is 1. The summed E-state index contributed by atoms with van der Waals surface area (Å²) in [6, 6.07) is 9.99. The van der Waals surface area contributed by atoms with Gasteiger partial charge in [0.2, 0.25) is 5.78 Å². The quantitative estimate of drug-likeness (QED) is 0.605. The van der Waals surface area contributed by atoms with Crippen LogP contribution in [0.4, 0.5) is 4.39 Å². The summed E-state index contributed by atoms with van der Waals surface area (Å²) in [4.78, 5) is 23.8. The standard InChI is InChI=1S/C17H15FO5/c1-21-15-8-7-11(9-16(15)22-2)17(20)23-10-14(19)12-5-3-4-6-13(12)18/h3-9H,10H2,1-2H3. The van der Waals surface area contributed by atoms with Gasteiger partial charge in [0.1, 0.15) is 5.82 Å². The number of hydrogen-bond acceptors (Lipinski definition) is 5. The third kappa shape index (κ3) is 3.85. The molecule has 2 aromatic carbocycles. The normalized spacial score (nSPS) is 10.0. The average molecular weight is 318 g/mol. The molecule has 0 aliphatic carbocycles. The SMILES string of the molecule is COc1ccc(C(=O)OCC(=O)c2ccccc2F)cc1OC. The molecule has 23 heavy (non-hydrogen) atoms. The van der Waals surface area contributed by atoms with Crippen LogP contribution in [0.15, 0.2) is 42.5 Å². The molecule has 5 nitrogen and oxygen atoms in total. The second kappa shape index (κ2) is 7.40. The molecule has 2 aromatic rings. The van der Waals surface area contributed by atoms with Crippen LogP contribution in [0.2, 0.25) is 0 Å². The topological polar surface area (TPSA) is 61.8 Å². The lowest BCUT2D eigenvalue weighted by Crippen LogP contribution is -2.15. The van der Waals surface area contributed by atoms with E-state index in [9.17, 15) is 14.0 Å². The van der Waals surface area contributed by atoms with E-state index in [0.29, 0.717) is 11.5 Å². The number of hydrogen-bond donors (Lipinski definition) is 0. The number of ether oxygens (including phenoxy) is 3. The number of benzene rings is 2. The van der Waals surface area contributed by atoms with E-state index in [1.165, 1.54) is 50.6 Å². The largest absolute Gasteiger partial charge is 0.493 e.